The molecule has 1 aliphatic heterocycles. The molecule has 6 rings (SSSR count). The Labute approximate surface area is 500 Å². The lowest BCUT2D eigenvalue weighted by Gasteiger charge is -2.24. The molecule has 0 saturated heterocycles. The number of benzene rings is 4. The highest BCUT2D eigenvalue weighted by Crippen LogP contribution is 2.24. The third-order valence-corrected chi connectivity index (χ3v) is 15.8. The molecule has 1 aromatic heterocycles. The Balaban J connectivity index is 1.02. The van der Waals surface area contributed by atoms with Gasteiger partial charge in [0.05, 0.1) is 41.0 Å². The summed E-state index contributed by atoms with van der Waals surface area (Å²) in [7, 11) is -7.46. The minimum Gasteiger partial charge on any atom is -0.468 e. The van der Waals surface area contributed by atoms with Crippen molar-refractivity contribution in [1.29, 1.82) is 0 Å². The topological polar surface area (TPSA) is 339 Å². The highest BCUT2D eigenvalue weighted by molar-refractivity contribution is 7.89. The van der Waals surface area contributed by atoms with Gasteiger partial charge in [-0.3, -0.25) is 38.4 Å². The number of hydrogen-bond acceptors (Lipinski definition) is 18. The average Bonchev–Trinajstić information content (AvgIpc) is 2.61. The molecule has 7 N–H and O–H groups in total. The van der Waals surface area contributed by atoms with Crippen LogP contribution in [-0.4, -0.2) is 143 Å². The third-order valence-electron chi connectivity index (χ3n) is 12.9. The maximum atomic E-state index is 13.9. The van der Waals surface area contributed by atoms with Gasteiger partial charge in [0.15, 0.2) is 0 Å². The van der Waals surface area contributed by atoms with Crippen molar-refractivity contribution in [3.63, 3.8) is 0 Å². The van der Waals surface area contributed by atoms with Crippen molar-refractivity contribution in [2.24, 2.45) is 4.99 Å². The average molecular weight is 1230 g/mol. The van der Waals surface area contributed by atoms with Crippen LogP contribution in [0.2, 0.25) is 0 Å². The van der Waals surface area contributed by atoms with Gasteiger partial charge in [0.25, 0.3) is 5.91 Å². The molecule has 0 bridgehead atoms. The number of ether oxygens (including phenoxy) is 4. The van der Waals surface area contributed by atoms with E-state index in [2.05, 4.69) is 46.1 Å². The summed E-state index contributed by atoms with van der Waals surface area (Å²) < 4.78 is 81.5. The van der Waals surface area contributed by atoms with Crippen LogP contribution in [0.15, 0.2) is 118 Å². The normalized spacial score (nSPS) is 13.9. The van der Waals surface area contributed by atoms with Crippen molar-refractivity contribution in [2.75, 3.05) is 39.8 Å². The molecule has 0 unspecified atom stereocenters. The Bertz CT molecular complexity index is 3440. The highest BCUT2D eigenvalue weighted by Gasteiger charge is 2.31. The lowest BCUT2D eigenvalue weighted by molar-refractivity contribution is -0.156. The van der Waals surface area contributed by atoms with E-state index in [0.29, 0.717) is 35.2 Å². The Morgan fingerprint density at radius 3 is 1.85 bits per heavy atom. The second kappa shape index (κ2) is 30.7. The Morgan fingerprint density at radius 1 is 0.663 bits per heavy atom. The molecule has 0 aliphatic carbocycles. The van der Waals surface area contributed by atoms with Gasteiger partial charge < -0.3 is 45.5 Å². The van der Waals surface area contributed by atoms with Crippen LogP contribution in [0.25, 0.3) is 22.0 Å². The van der Waals surface area contributed by atoms with Crippen LogP contribution in [0.1, 0.15) is 102 Å². The number of fused-ring (bicyclic) bond motifs is 1. The number of rotatable bonds is 28. The van der Waals surface area contributed by atoms with Crippen LogP contribution >= 0.6 is 0 Å². The Kier molecular flexibility index (Phi) is 23.9. The zero-order chi connectivity index (χ0) is 62.7. The summed E-state index contributed by atoms with van der Waals surface area (Å²) in [5, 5.41) is 18.7. The minimum atomic E-state index is -4.37. The van der Waals surface area contributed by atoms with Crippen molar-refractivity contribution in [2.45, 2.75) is 139 Å². The second-order valence-electron chi connectivity index (χ2n) is 22.1. The van der Waals surface area contributed by atoms with E-state index >= 15 is 0 Å². The molecule has 0 fully saturated rings. The number of carbonyl (C=O) groups excluding carboxylic acids is 7. The molecule has 0 saturated carbocycles. The van der Waals surface area contributed by atoms with Crippen molar-refractivity contribution in [1.82, 2.24) is 45.8 Å². The molecule has 5 aromatic rings. The molecule has 0 radical (unpaired) electrons. The quantitative estimate of drug-likeness (QED) is 0.0205. The zero-order valence-corrected chi connectivity index (χ0v) is 50.9. The molecule has 4 aromatic carbocycles. The number of methoxy groups -OCH3 is 1. The lowest BCUT2D eigenvalue weighted by Crippen LogP contribution is -2.54. The molecule has 1 aliphatic rings. The van der Waals surface area contributed by atoms with E-state index in [4.69, 9.17) is 18.9 Å². The van der Waals surface area contributed by atoms with Crippen molar-refractivity contribution in [3.8, 4) is 11.1 Å². The van der Waals surface area contributed by atoms with Crippen molar-refractivity contribution in [3.05, 3.63) is 114 Å². The van der Waals surface area contributed by atoms with Crippen LogP contribution < -0.4 is 36.0 Å². The zero-order valence-electron chi connectivity index (χ0n) is 49.2. The number of nitrogens with zero attached hydrogens (tertiary/aromatic N) is 3. The Morgan fingerprint density at radius 2 is 1.27 bits per heavy atom. The van der Waals surface area contributed by atoms with Crippen molar-refractivity contribution >= 4 is 78.5 Å². The van der Waals surface area contributed by atoms with Gasteiger partial charge in [0.2, 0.25) is 31.9 Å². The fraction of sp³-hybridized carbons (Fsp3) is 0.441. The predicted molar refractivity (Wildman–Crippen MR) is 318 cm³/mol. The highest BCUT2D eigenvalue weighted by atomic mass is 32.2. The fourth-order valence-electron chi connectivity index (χ4n) is 8.68. The lowest BCUT2D eigenvalue weighted by atomic mass is 10.1. The first kappa shape index (κ1) is 66.9. The second-order valence-corrected chi connectivity index (χ2v) is 25.5. The first-order valence-electron chi connectivity index (χ1n) is 28.0. The van der Waals surface area contributed by atoms with Crippen LogP contribution in [0.3, 0.4) is 0 Å². The molecule has 86 heavy (non-hydrogen) atoms. The molecular weight excluding hydrogens is 1150 g/mol. The van der Waals surface area contributed by atoms with Crippen molar-refractivity contribution < 1.29 is 69.3 Å². The SMILES string of the molecule is COC(=O)[C@H](CNC(=O)c1ccc2c(cnn2CCNC2=NCCCC2)c1)NS(=O)(=O)c1ccc(-c2ccc(S(=O)(=O)NCCNC(=O)[C@H](CCC(=O)OC(C)(C)C)NC(=O)[C@H](CCC(=O)OC(C)(C)C)NC(=O)OCc3ccccc3)cc2)cc1. The van der Waals surface area contributed by atoms with Crippen LogP contribution in [0, 0.1) is 0 Å². The summed E-state index contributed by atoms with van der Waals surface area (Å²) in [5.41, 5.74) is 1.07. The minimum absolute atomic E-state index is 0.131. The van der Waals surface area contributed by atoms with E-state index in [1.807, 2.05) is 4.68 Å². The summed E-state index contributed by atoms with van der Waals surface area (Å²) in [6.07, 6.45) is 2.62. The van der Waals surface area contributed by atoms with Gasteiger partial charge in [-0.25, -0.2) is 26.4 Å². The van der Waals surface area contributed by atoms with E-state index in [0.717, 1.165) is 44.3 Å². The molecule has 2 heterocycles. The standard InChI is InChI=1S/C59H76N10O15S2/c1-58(2,3)83-51(70)28-25-46(66-55(74)47(26-29-52(71)84-59(4,5)6)67-57(76)82-38-39-13-9-8-10-14-39)54(73)62-31-32-65-85(77,78)44-21-16-40(17-22-44)41-18-23-45(24-19-41)86(79,80)68-48(56(75)81-7)37-63-53(72)42-20-27-49-43(35-42)36-64-69(49)34-33-61-50-15-11-12-30-60-50/h8-10,13-14,16-24,27,35-36,46-48,65,68H,11-12,15,25-26,28-34,37-38H2,1-7H3,(H,60,61)(H,62,73)(H,63,72)(H,66,74)(H,67,76)/t46-,47-,48-/m0/s1. The number of alkyl carbamates (subject to hydrolysis) is 1. The molecule has 25 nitrogen and oxygen atoms in total. The van der Waals surface area contributed by atoms with E-state index in [1.165, 1.54) is 48.5 Å². The fourth-order valence-corrected chi connectivity index (χ4v) is 10.9. The number of carbonyl (C=O) groups is 7. The molecule has 4 amide bonds. The number of amides is 4. The summed E-state index contributed by atoms with van der Waals surface area (Å²) in [6, 6.07) is 20.7. The summed E-state index contributed by atoms with van der Waals surface area (Å²) in [4.78, 5) is 96.1. The number of amidine groups is 1. The van der Waals surface area contributed by atoms with Gasteiger partial charge in [-0.15, -0.1) is 0 Å². The van der Waals surface area contributed by atoms with Gasteiger partial charge in [-0.05, 0) is 126 Å². The summed E-state index contributed by atoms with van der Waals surface area (Å²) >= 11 is 0. The third kappa shape index (κ3) is 21.4. The molecule has 0 spiro atoms. The van der Waals surface area contributed by atoms with E-state index < -0.39 is 97.6 Å². The van der Waals surface area contributed by atoms with Crippen LogP contribution in [-0.2, 0) is 76.1 Å². The molecular formula is C59H76N10O15S2. The molecule has 3 atom stereocenters. The molecule has 27 heteroatoms. The summed E-state index contributed by atoms with van der Waals surface area (Å²) in [6.45, 7) is 10.8. The first-order valence-corrected chi connectivity index (χ1v) is 31.0. The van der Waals surface area contributed by atoms with E-state index in [-0.39, 0.29) is 60.7 Å². The number of nitrogens with one attached hydrogen (secondary N) is 7. The molecule has 464 valence electrons. The Hall–Kier alpha value is -8.27. The predicted octanol–water partition coefficient (Wildman–Crippen LogP) is 4.54. The van der Waals surface area contributed by atoms with Crippen LogP contribution in [0.5, 0.6) is 0 Å². The van der Waals surface area contributed by atoms with Gasteiger partial charge in [-0.1, -0.05) is 54.6 Å². The monoisotopic (exact) mass is 1230 g/mol. The number of hydrogen-bond donors (Lipinski definition) is 7. The van der Waals surface area contributed by atoms with E-state index in [9.17, 15) is 50.4 Å². The number of aromatic nitrogens is 2. The van der Waals surface area contributed by atoms with Gasteiger partial charge in [-0.2, -0.15) is 9.82 Å². The van der Waals surface area contributed by atoms with E-state index in [1.54, 1.807) is 96.3 Å². The van der Waals surface area contributed by atoms with Crippen LogP contribution in [0.4, 0.5) is 4.79 Å². The van der Waals surface area contributed by atoms with Gasteiger partial charge in [0.1, 0.15) is 35.9 Å². The number of esters is 3. The first-order chi connectivity index (χ1) is 40.7. The smallest absolute Gasteiger partial charge is 0.408 e. The maximum absolute atomic E-state index is 13.9. The van der Waals surface area contributed by atoms with Gasteiger partial charge in [0, 0.05) is 62.9 Å². The largest absolute Gasteiger partial charge is 0.468 e. The van der Waals surface area contributed by atoms with Gasteiger partial charge >= 0.3 is 24.0 Å². The number of aliphatic imine (C=N–C) groups is 1. The summed E-state index contributed by atoms with van der Waals surface area (Å²) in [5.74, 6) is -3.53. The maximum Gasteiger partial charge on any atom is 0.408 e. The number of sulfonamides is 2.